The highest BCUT2D eigenvalue weighted by Gasteiger charge is 2.37. The Bertz CT molecular complexity index is 633. The Hall–Kier alpha value is -0.780. The molecule has 1 heterocycles. The lowest BCUT2D eigenvalue weighted by atomic mass is 9.76. The number of sulfonamides is 1. The van der Waals surface area contributed by atoms with Crippen LogP contribution in [0.4, 0.5) is 5.69 Å². The first kappa shape index (κ1) is 15.1. The van der Waals surface area contributed by atoms with E-state index in [0.717, 1.165) is 12.8 Å². The van der Waals surface area contributed by atoms with Crippen LogP contribution in [0.3, 0.4) is 0 Å². The first-order chi connectivity index (χ1) is 9.98. The molecule has 6 heteroatoms. The van der Waals surface area contributed by atoms with Crippen molar-refractivity contribution >= 4 is 27.3 Å². The summed E-state index contributed by atoms with van der Waals surface area (Å²) in [7, 11) is -3.51. The summed E-state index contributed by atoms with van der Waals surface area (Å²) in [5, 5.41) is 0.456. The molecule has 0 bridgehead atoms. The van der Waals surface area contributed by atoms with Crippen molar-refractivity contribution in [3.63, 3.8) is 0 Å². The van der Waals surface area contributed by atoms with E-state index >= 15 is 0 Å². The summed E-state index contributed by atoms with van der Waals surface area (Å²) in [6, 6.07) is 4.60. The van der Waals surface area contributed by atoms with Crippen LogP contribution in [-0.4, -0.2) is 25.8 Å². The molecule has 0 aromatic heterocycles. The molecule has 1 aliphatic heterocycles. The van der Waals surface area contributed by atoms with E-state index in [1.807, 2.05) is 0 Å². The van der Waals surface area contributed by atoms with Crippen molar-refractivity contribution < 1.29 is 8.42 Å². The third-order valence-electron chi connectivity index (χ3n) is 4.84. The summed E-state index contributed by atoms with van der Waals surface area (Å²) < 4.78 is 27.2. The maximum absolute atomic E-state index is 12.8. The maximum atomic E-state index is 12.8. The van der Waals surface area contributed by atoms with Crippen LogP contribution < -0.4 is 5.73 Å². The van der Waals surface area contributed by atoms with Crippen LogP contribution in [0.5, 0.6) is 0 Å². The molecule has 0 radical (unpaired) electrons. The number of hydrogen-bond acceptors (Lipinski definition) is 3. The monoisotopic (exact) mass is 328 g/mol. The Balaban J connectivity index is 1.85. The van der Waals surface area contributed by atoms with E-state index in [0.29, 0.717) is 29.9 Å². The Morgan fingerprint density at radius 1 is 1.14 bits per heavy atom. The smallest absolute Gasteiger partial charge is 0.245 e. The van der Waals surface area contributed by atoms with Crippen molar-refractivity contribution in [1.29, 1.82) is 0 Å². The Morgan fingerprint density at radius 3 is 2.57 bits per heavy atom. The van der Waals surface area contributed by atoms with Crippen molar-refractivity contribution in [1.82, 2.24) is 4.31 Å². The maximum Gasteiger partial charge on any atom is 0.245 e. The van der Waals surface area contributed by atoms with Gasteiger partial charge < -0.3 is 5.73 Å². The van der Waals surface area contributed by atoms with Gasteiger partial charge in [-0.25, -0.2) is 8.42 Å². The number of rotatable bonds is 2. The van der Waals surface area contributed by atoms with E-state index in [1.54, 1.807) is 10.4 Å². The number of nitrogens with two attached hydrogens (primary N) is 1. The molecule has 1 saturated carbocycles. The predicted molar refractivity (Wildman–Crippen MR) is 84.7 cm³/mol. The molecule has 3 rings (SSSR count). The highest BCUT2D eigenvalue weighted by molar-refractivity contribution is 7.89. The second-order valence-corrected chi connectivity index (χ2v) is 8.48. The summed E-state index contributed by atoms with van der Waals surface area (Å²) in [5.41, 5.74) is 6.09. The molecule has 2 unspecified atom stereocenters. The van der Waals surface area contributed by atoms with Gasteiger partial charge in [-0.15, -0.1) is 0 Å². The summed E-state index contributed by atoms with van der Waals surface area (Å²) in [6.07, 6.45) is 5.88. The van der Waals surface area contributed by atoms with E-state index < -0.39 is 10.0 Å². The molecule has 116 valence electrons. The number of piperidine rings is 1. The third kappa shape index (κ3) is 2.91. The average molecular weight is 329 g/mol. The Labute approximate surface area is 131 Å². The van der Waals surface area contributed by atoms with Crippen molar-refractivity contribution in [3.8, 4) is 0 Å². The first-order valence-corrected chi connectivity index (χ1v) is 9.35. The molecular weight excluding hydrogens is 308 g/mol. The molecule has 1 saturated heterocycles. The van der Waals surface area contributed by atoms with E-state index in [-0.39, 0.29) is 10.6 Å². The Morgan fingerprint density at radius 2 is 1.86 bits per heavy atom. The third-order valence-corrected chi connectivity index (χ3v) is 7.02. The van der Waals surface area contributed by atoms with Crippen molar-refractivity contribution in [2.75, 3.05) is 18.8 Å². The SMILES string of the molecule is Nc1cc(Cl)ccc1S(=O)(=O)N1CCC2CCCCC2C1. The van der Waals surface area contributed by atoms with Gasteiger partial charge in [0.2, 0.25) is 10.0 Å². The fourth-order valence-corrected chi connectivity index (χ4v) is 5.47. The zero-order valence-corrected chi connectivity index (χ0v) is 13.5. The Kier molecular flexibility index (Phi) is 4.17. The van der Waals surface area contributed by atoms with Gasteiger partial charge in [-0.05, 0) is 42.9 Å². The summed E-state index contributed by atoms with van der Waals surface area (Å²) in [5.74, 6) is 1.21. The van der Waals surface area contributed by atoms with E-state index in [2.05, 4.69) is 0 Å². The van der Waals surface area contributed by atoms with Gasteiger partial charge in [-0.3, -0.25) is 0 Å². The second-order valence-electron chi connectivity index (χ2n) is 6.14. The summed E-state index contributed by atoms with van der Waals surface area (Å²) >= 11 is 5.86. The second kappa shape index (κ2) is 5.78. The lowest BCUT2D eigenvalue weighted by Gasteiger charge is -2.40. The minimum absolute atomic E-state index is 0.182. The predicted octanol–water partition coefficient (Wildman–Crippen LogP) is 3.12. The van der Waals surface area contributed by atoms with E-state index in [4.69, 9.17) is 17.3 Å². The number of hydrogen-bond donors (Lipinski definition) is 1. The molecule has 21 heavy (non-hydrogen) atoms. The van der Waals surface area contributed by atoms with Gasteiger partial charge in [0, 0.05) is 18.1 Å². The van der Waals surface area contributed by atoms with Gasteiger partial charge in [-0.1, -0.05) is 30.9 Å². The zero-order valence-electron chi connectivity index (χ0n) is 12.0. The van der Waals surface area contributed by atoms with Gasteiger partial charge in [-0.2, -0.15) is 4.31 Å². The number of nitrogen functional groups attached to an aromatic ring is 1. The molecule has 2 aliphatic rings. The zero-order chi connectivity index (χ0) is 15.0. The molecule has 1 aromatic rings. The van der Waals surface area contributed by atoms with Crippen LogP contribution in [0.15, 0.2) is 23.1 Å². The normalized spacial score (nSPS) is 27.3. The van der Waals surface area contributed by atoms with Crippen LogP contribution in [0.25, 0.3) is 0 Å². The number of halogens is 1. The van der Waals surface area contributed by atoms with Gasteiger partial charge in [0.15, 0.2) is 0 Å². The first-order valence-electron chi connectivity index (χ1n) is 7.53. The molecule has 1 aromatic carbocycles. The molecule has 4 nitrogen and oxygen atoms in total. The van der Waals surface area contributed by atoms with Crippen LogP contribution in [0.1, 0.15) is 32.1 Å². The van der Waals surface area contributed by atoms with Crippen molar-refractivity contribution in [3.05, 3.63) is 23.2 Å². The lowest BCUT2D eigenvalue weighted by Crippen LogP contribution is -2.44. The van der Waals surface area contributed by atoms with Gasteiger partial charge >= 0.3 is 0 Å². The fourth-order valence-electron chi connectivity index (χ4n) is 3.68. The number of benzene rings is 1. The van der Waals surface area contributed by atoms with Crippen molar-refractivity contribution in [2.45, 2.75) is 37.0 Å². The molecule has 0 spiro atoms. The van der Waals surface area contributed by atoms with Crippen LogP contribution in [0.2, 0.25) is 5.02 Å². The fraction of sp³-hybridized carbons (Fsp3) is 0.600. The molecule has 2 N–H and O–H groups in total. The molecule has 1 aliphatic carbocycles. The van der Waals surface area contributed by atoms with Gasteiger partial charge in [0.05, 0.1) is 5.69 Å². The average Bonchev–Trinajstić information content (AvgIpc) is 2.46. The number of fused-ring (bicyclic) bond motifs is 1. The highest BCUT2D eigenvalue weighted by Crippen LogP contribution is 2.38. The van der Waals surface area contributed by atoms with Crippen LogP contribution in [-0.2, 0) is 10.0 Å². The van der Waals surface area contributed by atoms with Crippen molar-refractivity contribution in [2.24, 2.45) is 11.8 Å². The number of nitrogens with zero attached hydrogens (tertiary/aromatic N) is 1. The van der Waals surface area contributed by atoms with E-state index in [9.17, 15) is 8.42 Å². The topological polar surface area (TPSA) is 63.4 Å². The molecular formula is C15H21ClN2O2S. The molecule has 2 fully saturated rings. The van der Waals surface area contributed by atoms with Crippen LogP contribution in [0, 0.1) is 11.8 Å². The number of anilines is 1. The van der Waals surface area contributed by atoms with Gasteiger partial charge in [0.25, 0.3) is 0 Å². The minimum Gasteiger partial charge on any atom is -0.398 e. The largest absolute Gasteiger partial charge is 0.398 e. The van der Waals surface area contributed by atoms with Gasteiger partial charge in [0.1, 0.15) is 4.90 Å². The summed E-state index contributed by atoms with van der Waals surface area (Å²) in [4.78, 5) is 0.182. The van der Waals surface area contributed by atoms with E-state index in [1.165, 1.54) is 31.4 Å². The standard InChI is InChI=1S/C15H21ClN2O2S/c16-13-5-6-15(14(17)9-13)21(19,20)18-8-7-11-3-1-2-4-12(11)10-18/h5-6,9,11-12H,1-4,7-8,10,17H2. The lowest BCUT2D eigenvalue weighted by molar-refractivity contribution is 0.136. The molecule has 0 amide bonds. The van der Waals surface area contributed by atoms with Crippen LogP contribution >= 0.6 is 11.6 Å². The quantitative estimate of drug-likeness (QED) is 0.848. The highest BCUT2D eigenvalue weighted by atomic mass is 35.5. The summed E-state index contributed by atoms with van der Waals surface area (Å²) in [6.45, 7) is 1.24. The minimum atomic E-state index is -3.51. The molecule has 2 atom stereocenters.